The van der Waals surface area contributed by atoms with Crippen LogP contribution in [0.2, 0.25) is 0 Å². The summed E-state index contributed by atoms with van der Waals surface area (Å²) in [6, 6.07) is 13.8. The van der Waals surface area contributed by atoms with Gasteiger partial charge in [0.15, 0.2) is 0 Å². The van der Waals surface area contributed by atoms with E-state index in [2.05, 4.69) is 5.10 Å². The van der Waals surface area contributed by atoms with Gasteiger partial charge < -0.3 is 9.84 Å². The van der Waals surface area contributed by atoms with Crippen molar-refractivity contribution in [1.29, 1.82) is 0 Å². The van der Waals surface area contributed by atoms with Gasteiger partial charge >= 0.3 is 0 Å². The van der Waals surface area contributed by atoms with E-state index in [0.717, 1.165) is 16.1 Å². The molecule has 0 fully saturated rings. The summed E-state index contributed by atoms with van der Waals surface area (Å²) in [5, 5.41) is 15.8. The first kappa shape index (κ1) is 18.7. The second-order valence-electron chi connectivity index (χ2n) is 7.12. The molecule has 1 heterocycles. The zero-order chi connectivity index (χ0) is 19.9. The number of aliphatic hydroxyl groups is 1. The molecule has 0 saturated heterocycles. The molecule has 6 nitrogen and oxygen atoms in total. The van der Waals surface area contributed by atoms with E-state index in [0.29, 0.717) is 35.4 Å². The fourth-order valence-corrected chi connectivity index (χ4v) is 4.82. The highest BCUT2D eigenvalue weighted by Crippen LogP contribution is 2.41. The molecule has 0 saturated carbocycles. The fraction of sp³-hybridized carbons (Fsp3) is 0.286. The minimum Gasteiger partial charge on any atom is -0.497 e. The van der Waals surface area contributed by atoms with E-state index in [4.69, 9.17) is 4.74 Å². The largest absolute Gasteiger partial charge is 0.497 e. The summed E-state index contributed by atoms with van der Waals surface area (Å²) >= 11 is 0. The lowest BCUT2D eigenvalue weighted by Gasteiger charge is -2.32. The smallest absolute Gasteiger partial charge is 0.282 e. The molecule has 28 heavy (non-hydrogen) atoms. The lowest BCUT2D eigenvalue weighted by atomic mass is 9.78. The summed E-state index contributed by atoms with van der Waals surface area (Å²) in [6.45, 7) is 1.90. The molecule has 0 amide bonds. The molecular formula is C21H22N2O4S. The average Bonchev–Trinajstić information content (AvgIpc) is 3.15. The van der Waals surface area contributed by atoms with Crippen molar-refractivity contribution in [2.75, 3.05) is 7.11 Å². The third-order valence-corrected chi connectivity index (χ3v) is 6.85. The van der Waals surface area contributed by atoms with Crippen LogP contribution in [0.15, 0.2) is 59.6 Å². The first-order valence-corrected chi connectivity index (χ1v) is 10.6. The lowest BCUT2D eigenvalue weighted by molar-refractivity contribution is 0.0615. The van der Waals surface area contributed by atoms with Crippen molar-refractivity contribution in [3.63, 3.8) is 0 Å². The first-order valence-electron chi connectivity index (χ1n) is 9.13. The summed E-state index contributed by atoms with van der Waals surface area (Å²) in [7, 11) is -2.23. The van der Waals surface area contributed by atoms with Crippen LogP contribution in [0.25, 0.3) is 0 Å². The van der Waals surface area contributed by atoms with Gasteiger partial charge in [0.2, 0.25) is 0 Å². The molecule has 2 aromatic carbocycles. The van der Waals surface area contributed by atoms with E-state index in [1.807, 2.05) is 6.92 Å². The minimum absolute atomic E-state index is 0.172. The maximum absolute atomic E-state index is 13.0. The lowest BCUT2D eigenvalue weighted by Crippen LogP contribution is -2.31. The van der Waals surface area contributed by atoms with Gasteiger partial charge in [-0.05, 0) is 56.0 Å². The number of methoxy groups -OCH3 is 1. The fourth-order valence-electron chi connectivity index (χ4n) is 3.67. The molecule has 0 aliphatic heterocycles. The maximum atomic E-state index is 13.0. The Morgan fingerprint density at radius 1 is 1.11 bits per heavy atom. The predicted octanol–water partition coefficient (Wildman–Crippen LogP) is 3.01. The zero-order valence-corrected chi connectivity index (χ0v) is 16.6. The van der Waals surface area contributed by atoms with E-state index >= 15 is 0 Å². The third kappa shape index (κ3) is 3.00. The Bertz CT molecular complexity index is 1100. The second-order valence-corrected chi connectivity index (χ2v) is 8.92. The van der Waals surface area contributed by atoms with Crippen LogP contribution < -0.4 is 4.74 Å². The number of hydrogen-bond donors (Lipinski definition) is 1. The van der Waals surface area contributed by atoms with Gasteiger partial charge in [0.1, 0.15) is 11.4 Å². The van der Waals surface area contributed by atoms with Crippen molar-refractivity contribution < 1.29 is 18.3 Å². The first-order chi connectivity index (χ1) is 13.3. The number of fused-ring (bicyclic) bond motifs is 1. The molecule has 1 atom stereocenters. The molecule has 7 heteroatoms. The van der Waals surface area contributed by atoms with Crippen LogP contribution in [0.5, 0.6) is 5.75 Å². The molecular weight excluding hydrogens is 376 g/mol. The second kappa shape index (κ2) is 6.76. The Labute approximate surface area is 164 Å². The molecule has 3 aromatic rings. The summed E-state index contributed by atoms with van der Waals surface area (Å²) < 4.78 is 32.2. The maximum Gasteiger partial charge on any atom is 0.282 e. The van der Waals surface area contributed by atoms with Gasteiger partial charge in [-0.25, -0.2) is 0 Å². The zero-order valence-electron chi connectivity index (χ0n) is 15.8. The third-order valence-electron chi connectivity index (χ3n) is 5.30. The molecule has 146 valence electrons. The van der Waals surface area contributed by atoms with Crippen molar-refractivity contribution in [2.24, 2.45) is 0 Å². The molecule has 0 radical (unpaired) electrons. The van der Waals surface area contributed by atoms with Crippen LogP contribution in [0.1, 0.15) is 35.2 Å². The van der Waals surface area contributed by atoms with Crippen LogP contribution in [-0.2, 0) is 22.0 Å². The average molecular weight is 398 g/mol. The monoisotopic (exact) mass is 398 g/mol. The summed E-state index contributed by atoms with van der Waals surface area (Å²) in [5.41, 5.74) is 1.55. The number of rotatable bonds is 4. The Morgan fingerprint density at radius 3 is 2.43 bits per heavy atom. The predicted molar refractivity (Wildman–Crippen MR) is 105 cm³/mol. The van der Waals surface area contributed by atoms with E-state index in [-0.39, 0.29) is 4.90 Å². The molecule has 1 aliphatic carbocycles. The molecule has 4 rings (SSSR count). The molecule has 1 aliphatic rings. The van der Waals surface area contributed by atoms with Gasteiger partial charge in [-0.15, -0.1) is 0 Å². The van der Waals surface area contributed by atoms with Gasteiger partial charge in [0.25, 0.3) is 10.0 Å². The quantitative estimate of drug-likeness (QED) is 0.731. The highest BCUT2D eigenvalue weighted by molar-refractivity contribution is 7.89. The number of aryl methyl sites for hydroxylation is 2. The van der Waals surface area contributed by atoms with E-state index in [1.165, 1.54) is 6.20 Å². The van der Waals surface area contributed by atoms with E-state index in [1.54, 1.807) is 55.6 Å². The van der Waals surface area contributed by atoms with Crippen LogP contribution in [0.3, 0.4) is 0 Å². The Balaban J connectivity index is 1.78. The van der Waals surface area contributed by atoms with Crippen molar-refractivity contribution in [1.82, 2.24) is 9.19 Å². The molecule has 1 N–H and O–H groups in total. The van der Waals surface area contributed by atoms with Crippen LogP contribution in [0.4, 0.5) is 0 Å². The van der Waals surface area contributed by atoms with Gasteiger partial charge in [0, 0.05) is 11.8 Å². The molecule has 0 bridgehead atoms. The van der Waals surface area contributed by atoms with Crippen molar-refractivity contribution in [3.8, 4) is 5.75 Å². The number of benzene rings is 2. The summed E-state index contributed by atoms with van der Waals surface area (Å²) in [4.78, 5) is 0.172. The van der Waals surface area contributed by atoms with Crippen LogP contribution in [-0.4, -0.2) is 29.8 Å². The standard InChI is InChI=1S/C21H22N2O4S/c1-15-5-11-18(12-6-15)28(25,26)23-14-19-20(22-23)4-3-13-21(19,24)16-7-9-17(27-2)10-8-16/h5-12,14,24H,3-4,13H2,1-2H3. The van der Waals surface area contributed by atoms with Crippen molar-refractivity contribution in [2.45, 2.75) is 36.7 Å². The Morgan fingerprint density at radius 2 is 1.79 bits per heavy atom. The van der Waals surface area contributed by atoms with E-state index in [9.17, 15) is 13.5 Å². The number of nitrogens with zero attached hydrogens (tertiary/aromatic N) is 2. The van der Waals surface area contributed by atoms with Crippen LogP contribution in [0, 0.1) is 6.92 Å². The highest BCUT2D eigenvalue weighted by atomic mass is 32.2. The highest BCUT2D eigenvalue weighted by Gasteiger charge is 2.39. The Kier molecular flexibility index (Phi) is 4.51. The number of ether oxygens (including phenoxy) is 1. The minimum atomic E-state index is -3.82. The Hall–Kier alpha value is -2.64. The van der Waals surface area contributed by atoms with E-state index < -0.39 is 15.6 Å². The van der Waals surface area contributed by atoms with Crippen molar-refractivity contribution in [3.05, 3.63) is 77.1 Å². The van der Waals surface area contributed by atoms with Crippen molar-refractivity contribution >= 4 is 10.0 Å². The molecule has 0 spiro atoms. The SMILES string of the molecule is COc1ccc(C2(O)CCCc3nn(S(=O)(=O)c4ccc(C)cc4)cc32)cc1. The topological polar surface area (TPSA) is 81.4 Å². The number of hydrogen-bond acceptors (Lipinski definition) is 5. The summed E-state index contributed by atoms with van der Waals surface area (Å²) in [6.07, 6.45) is 3.30. The number of aromatic nitrogens is 2. The molecule has 1 aromatic heterocycles. The normalized spacial score (nSPS) is 19.2. The summed E-state index contributed by atoms with van der Waals surface area (Å²) in [5.74, 6) is 0.695. The van der Waals surface area contributed by atoms with Gasteiger partial charge in [0.05, 0.1) is 17.7 Å². The van der Waals surface area contributed by atoms with Gasteiger partial charge in [-0.2, -0.15) is 17.6 Å². The van der Waals surface area contributed by atoms with Crippen LogP contribution >= 0.6 is 0 Å². The molecule has 1 unspecified atom stereocenters. The van der Waals surface area contributed by atoms with Gasteiger partial charge in [-0.3, -0.25) is 0 Å². The van der Waals surface area contributed by atoms with Gasteiger partial charge in [-0.1, -0.05) is 29.8 Å².